The number of anilines is 1. The molecule has 1 aliphatic heterocycles. The van der Waals surface area contributed by atoms with Gasteiger partial charge >= 0.3 is 0 Å². The Balaban J connectivity index is 1.79. The molecule has 2 aromatic rings. The van der Waals surface area contributed by atoms with E-state index in [4.69, 9.17) is 0 Å². The third kappa shape index (κ3) is 3.11. The average molecular weight is 280 g/mol. The van der Waals surface area contributed by atoms with Gasteiger partial charge in [0, 0.05) is 25.3 Å². The highest BCUT2D eigenvalue weighted by Crippen LogP contribution is 2.27. The zero-order valence-corrected chi connectivity index (χ0v) is 13.0. The Bertz CT molecular complexity index is 619. The summed E-state index contributed by atoms with van der Waals surface area (Å²) in [4.78, 5) is 2.51. The fourth-order valence-corrected chi connectivity index (χ4v) is 3.15. The molecule has 0 unspecified atom stereocenters. The van der Waals surface area contributed by atoms with E-state index in [-0.39, 0.29) is 0 Å². The molecule has 0 aromatic heterocycles. The van der Waals surface area contributed by atoms with E-state index in [1.54, 1.807) is 0 Å². The quantitative estimate of drug-likeness (QED) is 0.919. The minimum Gasteiger partial charge on any atom is -0.367 e. The van der Waals surface area contributed by atoms with Gasteiger partial charge in [-0.05, 0) is 48.2 Å². The molecular weight excluding hydrogens is 256 g/mol. The largest absolute Gasteiger partial charge is 0.367 e. The molecule has 2 heteroatoms. The maximum Gasteiger partial charge on any atom is 0.0432 e. The lowest BCUT2D eigenvalue weighted by atomic mass is 9.98. The van der Waals surface area contributed by atoms with Crippen LogP contribution in [0.3, 0.4) is 0 Å². The number of aryl methyl sites for hydroxylation is 1. The Morgan fingerprint density at radius 3 is 2.67 bits per heavy atom. The van der Waals surface area contributed by atoms with E-state index in [2.05, 4.69) is 66.5 Å². The monoisotopic (exact) mass is 280 g/mol. The van der Waals surface area contributed by atoms with Crippen molar-refractivity contribution in [3.05, 3.63) is 64.7 Å². The first-order valence-electron chi connectivity index (χ1n) is 7.90. The zero-order chi connectivity index (χ0) is 14.7. The van der Waals surface area contributed by atoms with Crippen molar-refractivity contribution in [1.29, 1.82) is 0 Å². The van der Waals surface area contributed by atoms with Crippen molar-refractivity contribution in [2.75, 3.05) is 18.0 Å². The van der Waals surface area contributed by atoms with Crippen LogP contribution in [0.4, 0.5) is 5.69 Å². The van der Waals surface area contributed by atoms with Gasteiger partial charge in [0.1, 0.15) is 0 Å². The van der Waals surface area contributed by atoms with E-state index in [1.807, 2.05) is 0 Å². The molecule has 1 aliphatic rings. The first-order valence-corrected chi connectivity index (χ1v) is 7.90. The molecule has 2 aromatic carbocycles. The van der Waals surface area contributed by atoms with E-state index in [9.17, 15) is 0 Å². The van der Waals surface area contributed by atoms with Gasteiger partial charge in [0.15, 0.2) is 0 Å². The molecule has 1 heterocycles. The van der Waals surface area contributed by atoms with Crippen LogP contribution >= 0.6 is 0 Å². The van der Waals surface area contributed by atoms with Crippen LogP contribution in [-0.4, -0.2) is 13.1 Å². The summed E-state index contributed by atoms with van der Waals surface area (Å²) in [6, 6.07) is 15.7. The van der Waals surface area contributed by atoms with Gasteiger partial charge in [0.05, 0.1) is 0 Å². The van der Waals surface area contributed by atoms with Gasteiger partial charge in [-0.2, -0.15) is 0 Å². The number of hydrogen-bond donors (Lipinski definition) is 1. The molecule has 0 saturated heterocycles. The first kappa shape index (κ1) is 14.2. The highest BCUT2D eigenvalue weighted by Gasteiger charge is 2.17. The average Bonchev–Trinajstić information content (AvgIpc) is 2.52. The Labute approximate surface area is 127 Å². The van der Waals surface area contributed by atoms with Crippen molar-refractivity contribution in [2.24, 2.45) is 0 Å². The fraction of sp³-hybridized carbons (Fsp3) is 0.368. The smallest absolute Gasteiger partial charge is 0.0432 e. The Kier molecular flexibility index (Phi) is 4.26. The fourth-order valence-electron chi connectivity index (χ4n) is 3.15. The molecule has 110 valence electrons. The second kappa shape index (κ2) is 6.31. The highest BCUT2D eigenvalue weighted by atomic mass is 15.1. The SMILES string of the molecule is CCNCc1ccc(N2CCc3ccccc3C2)c(C)c1. The lowest BCUT2D eigenvalue weighted by Crippen LogP contribution is -2.30. The summed E-state index contributed by atoms with van der Waals surface area (Å²) >= 11 is 0. The molecular formula is C19H24N2. The number of fused-ring (bicyclic) bond motifs is 1. The second-order valence-corrected chi connectivity index (χ2v) is 5.84. The first-order chi connectivity index (χ1) is 10.3. The Hall–Kier alpha value is -1.80. The summed E-state index contributed by atoms with van der Waals surface area (Å²) in [6.07, 6.45) is 1.15. The van der Waals surface area contributed by atoms with Gasteiger partial charge in [-0.15, -0.1) is 0 Å². The van der Waals surface area contributed by atoms with Crippen LogP contribution in [0.2, 0.25) is 0 Å². The summed E-state index contributed by atoms with van der Waals surface area (Å²) in [5.41, 5.74) is 7.11. The van der Waals surface area contributed by atoms with Crippen molar-refractivity contribution in [3.8, 4) is 0 Å². The number of rotatable bonds is 4. The molecule has 1 N–H and O–H groups in total. The van der Waals surface area contributed by atoms with Gasteiger partial charge < -0.3 is 10.2 Å². The topological polar surface area (TPSA) is 15.3 Å². The van der Waals surface area contributed by atoms with Crippen molar-refractivity contribution in [3.63, 3.8) is 0 Å². The Morgan fingerprint density at radius 1 is 1.10 bits per heavy atom. The van der Waals surface area contributed by atoms with Gasteiger partial charge in [0.2, 0.25) is 0 Å². The molecule has 0 saturated carbocycles. The maximum atomic E-state index is 3.39. The molecule has 0 bridgehead atoms. The molecule has 0 fully saturated rings. The van der Waals surface area contributed by atoms with E-state index in [1.165, 1.54) is 27.9 Å². The van der Waals surface area contributed by atoms with E-state index >= 15 is 0 Å². The van der Waals surface area contributed by atoms with Crippen LogP contribution in [0.15, 0.2) is 42.5 Å². The van der Waals surface area contributed by atoms with Gasteiger partial charge in [-0.1, -0.05) is 43.3 Å². The molecule has 0 amide bonds. The third-order valence-corrected chi connectivity index (χ3v) is 4.31. The second-order valence-electron chi connectivity index (χ2n) is 5.84. The van der Waals surface area contributed by atoms with Crippen LogP contribution in [-0.2, 0) is 19.5 Å². The van der Waals surface area contributed by atoms with E-state index < -0.39 is 0 Å². The van der Waals surface area contributed by atoms with Gasteiger partial charge in [0.25, 0.3) is 0 Å². The van der Waals surface area contributed by atoms with Gasteiger partial charge in [-0.25, -0.2) is 0 Å². The summed E-state index contributed by atoms with van der Waals surface area (Å²) in [6.45, 7) is 8.50. The molecule has 0 atom stereocenters. The lowest BCUT2D eigenvalue weighted by Gasteiger charge is -2.32. The minimum absolute atomic E-state index is 0.959. The Morgan fingerprint density at radius 2 is 1.90 bits per heavy atom. The maximum absolute atomic E-state index is 3.39. The number of nitrogens with one attached hydrogen (secondary N) is 1. The molecule has 0 radical (unpaired) electrons. The standard InChI is InChI=1S/C19H24N2/c1-3-20-13-16-8-9-19(15(2)12-16)21-11-10-17-6-4-5-7-18(17)14-21/h4-9,12,20H,3,10-11,13-14H2,1-2H3. The predicted molar refractivity (Wildman–Crippen MR) is 89.8 cm³/mol. The zero-order valence-electron chi connectivity index (χ0n) is 13.0. The van der Waals surface area contributed by atoms with Crippen molar-refractivity contribution >= 4 is 5.69 Å². The van der Waals surface area contributed by atoms with E-state index in [0.29, 0.717) is 0 Å². The van der Waals surface area contributed by atoms with Crippen molar-refractivity contribution in [1.82, 2.24) is 5.32 Å². The molecule has 21 heavy (non-hydrogen) atoms. The molecule has 3 rings (SSSR count). The van der Waals surface area contributed by atoms with Crippen LogP contribution in [0.1, 0.15) is 29.2 Å². The molecule has 0 spiro atoms. The molecule has 0 aliphatic carbocycles. The van der Waals surface area contributed by atoms with Crippen LogP contribution < -0.4 is 10.2 Å². The minimum atomic E-state index is 0.959. The van der Waals surface area contributed by atoms with Crippen LogP contribution in [0.25, 0.3) is 0 Å². The summed E-state index contributed by atoms with van der Waals surface area (Å²) in [5.74, 6) is 0. The van der Waals surface area contributed by atoms with Crippen molar-refractivity contribution < 1.29 is 0 Å². The molecule has 2 nitrogen and oxygen atoms in total. The normalized spacial score (nSPS) is 14.1. The number of benzene rings is 2. The van der Waals surface area contributed by atoms with Gasteiger partial charge in [-0.3, -0.25) is 0 Å². The van der Waals surface area contributed by atoms with E-state index in [0.717, 1.165) is 32.6 Å². The number of hydrogen-bond acceptors (Lipinski definition) is 2. The number of nitrogens with zero attached hydrogens (tertiary/aromatic N) is 1. The van der Waals surface area contributed by atoms with Crippen molar-refractivity contribution in [2.45, 2.75) is 33.4 Å². The third-order valence-electron chi connectivity index (χ3n) is 4.31. The summed E-state index contributed by atoms with van der Waals surface area (Å²) in [7, 11) is 0. The summed E-state index contributed by atoms with van der Waals surface area (Å²) in [5, 5.41) is 3.39. The summed E-state index contributed by atoms with van der Waals surface area (Å²) < 4.78 is 0. The highest BCUT2D eigenvalue weighted by molar-refractivity contribution is 5.56. The predicted octanol–water partition coefficient (Wildman–Crippen LogP) is 3.67. The lowest BCUT2D eigenvalue weighted by molar-refractivity contribution is 0.720. The van der Waals surface area contributed by atoms with Crippen LogP contribution in [0.5, 0.6) is 0 Å². The van der Waals surface area contributed by atoms with Crippen LogP contribution in [0, 0.1) is 6.92 Å².